The molecule has 1 aromatic carbocycles. The van der Waals surface area contributed by atoms with Gasteiger partial charge in [0.25, 0.3) is 0 Å². The fourth-order valence-electron chi connectivity index (χ4n) is 1.42. The van der Waals surface area contributed by atoms with Crippen LogP contribution in [0.2, 0.25) is 0 Å². The predicted octanol–water partition coefficient (Wildman–Crippen LogP) is 5.33. The Morgan fingerprint density at radius 3 is 2.20 bits per heavy atom. The van der Waals surface area contributed by atoms with Gasteiger partial charge in [-0.05, 0) is 24.5 Å². The molecule has 0 saturated heterocycles. The topological polar surface area (TPSA) is 0 Å². The van der Waals surface area contributed by atoms with E-state index in [1.54, 1.807) is 0 Å². The van der Waals surface area contributed by atoms with E-state index in [1.807, 2.05) is 13.8 Å². The summed E-state index contributed by atoms with van der Waals surface area (Å²) in [6.07, 6.45) is 2.35. The zero-order valence-corrected chi connectivity index (χ0v) is 9.93. The summed E-state index contributed by atoms with van der Waals surface area (Å²) in [7, 11) is 0. The second kappa shape index (κ2) is 9.51. The Labute approximate surface area is 96.0 Å². The van der Waals surface area contributed by atoms with Crippen molar-refractivity contribution in [1.29, 1.82) is 0 Å². The summed E-state index contributed by atoms with van der Waals surface area (Å²) in [6.45, 7) is 12.2. The summed E-state index contributed by atoms with van der Waals surface area (Å²) in [5.74, 6) is 0. The maximum absolute atomic E-state index is 3.97. The normalized spacial score (nSPS) is 8.27. The Kier molecular flexibility index (Phi) is 10.4. The molecule has 0 atom stereocenters. The van der Waals surface area contributed by atoms with Crippen LogP contribution in [0.15, 0.2) is 30.8 Å². The van der Waals surface area contributed by atoms with Gasteiger partial charge in [0.15, 0.2) is 0 Å². The first kappa shape index (κ1) is 16.4. The maximum Gasteiger partial charge on any atom is -0.0201 e. The lowest BCUT2D eigenvalue weighted by molar-refractivity contribution is 0.918. The van der Waals surface area contributed by atoms with Crippen molar-refractivity contribution in [1.82, 2.24) is 0 Å². The van der Waals surface area contributed by atoms with E-state index >= 15 is 0 Å². The monoisotopic (exact) mass is 206 g/mol. The molecule has 0 aliphatic heterocycles. The lowest BCUT2D eigenvalue weighted by Gasteiger charge is -2.06. The maximum atomic E-state index is 3.97. The minimum absolute atomic E-state index is 0. The minimum atomic E-state index is 0. The number of rotatable bonds is 3. The van der Waals surface area contributed by atoms with Crippen molar-refractivity contribution in [3.63, 3.8) is 0 Å². The summed E-state index contributed by atoms with van der Waals surface area (Å²) < 4.78 is 0. The molecule has 0 heteroatoms. The van der Waals surface area contributed by atoms with Crippen LogP contribution < -0.4 is 0 Å². The molecule has 0 saturated carbocycles. The smallest absolute Gasteiger partial charge is 0.0201 e. The largest absolute Gasteiger partial charge is 0.0955 e. The van der Waals surface area contributed by atoms with Gasteiger partial charge in [0.2, 0.25) is 0 Å². The lowest BCUT2D eigenvalue weighted by Crippen LogP contribution is -1.89. The zero-order chi connectivity index (χ0) is 11.0. The van der Waals surface area contributed by atoms with Gasteiger partial charge < -0.3 is 0 Å². The van der Waals surface area contributed by atoms with Gasteiger partial charge >= 0.3 is 0 Å². The molecular formula is C15H26. The first-order valence-corrected chi connectivity index (χ1v) is 5.49. The van der Waals surface area contributed by atoms with E-state index in [0.29, 0.717) is 0 Å². The van der Waals surface area contributed by atoms with Crippen LogP contribution in [0.4, 0.5) is 0 Å². The first-order chi connectivity index (χ1) is 6.75. The Balaban J connectivity index is 0. The summed E-state index contributed by atoms with van der Waals surface area (Å²) in [5, 5.41) is 0. The Morgan fingerprint density at radius 2 is 1.73 bits per heavy atom. The third kappa shape index (κ3) is 5.41. The number of benzene rings is 1. The standard InChI is InChI=1S/C12H16.C2H6.CH4/c1-4-7-11-8-5-6-9-12(11)10(2)3;1-2;/h5-6,8-9H,2,4,7H2,1,3H3;1-2H3;1H4. The molecule has 0 bridgehead atoms. The van der Waals surface area contributed by atoms with Crippen molar-refractivity contribution in [2.24, 2.45) is 0 Å². The van der Waals surface area contributed by atoms with Gasteiger partial charge in [0.1, 0.15) is 0 Å². The molecule has 0 fully saturated rings. The highest BCUT2D eigenvalue weighted by molar-refractivity contribution is 5.64. The lowest BCUT2D eigenvalue weighted by atomic mass is 9.99. The van der Waals surface area contributed by atoms with Crippen LogP contribution in [0.1, 0.15) is 52.7 Å². The van der Waals surface area contributed by atoms with E-state index in [0.717, 1.165) is 6.42 Å². The molecule has 0 aliphatic carbocycles. The van der Waals surface area contributed by atoms with Gasteiger partial charge in [-0.3, -0.25) is 0 Å². The average molecular weight is 206 g/mol. The van der Waals surface area contributed by atoms with Gasteiger partial charge in [-0.1, -0.05) is 71.0 Å². The van der Waals surface area contributed by atoms with E-state index in [-0.39, 0.29) is 7.43 Å². The average Bonchev–Trinajstić information content (AvgIpc) is 2.22. The first-order valence-electron chi connectivity index (χ1n) is 5.49. The number of allylic oxidation sites excluding steroid dienone is 1. The molecule has 0 heterocycles. The van der Waals surface area contributed by atoms with Crippen molar-refractivity contribution in [2.75, 3.05) is 0 Å². The summed E-state index contributed by atoms with van der Waals surface area (Å²) in [4.78, 5) is 0. The second-order valence-electron chi connectivity index (χ2n) is 3.19. The summed E-state index contributed by atoms with van der Waals surface area (Å²) in [5.41, 5.74) is 3.91. The highest BCUT2D eigenvalue weighted by atomic mass is 14.0. The van der Waals surface area contributed by atoms with Crippen LogP contribution >= 0.6 is 0 Å². The van der Waals surface area contributed by atoms with Gasteiger partial charge in [-0.15, -0.1) is 0 Å². The SMILES string of the molecule is C.C=C(C)c1ccccc1CCC.CC. The van der Waals surface area contributed by atoms with Crippen molar-refractivity contribution < 1.29 is 0 Å². The van der Waals surface area contributed by atoms with Crippen LogP contribution in [-0.2, 0) is 6.42 Å². The predicted molar refractivity (Wildman–Crippen MR) is 73.2 cm³/mol. The van der Waals surface area contributed by atoms with Crippen LogP contribution in [0.25, 0.3) is 5.57 Å². The van der Waals surface area contributed by atoms with Crippen LogP contribution in [0.3, 0.4) is 0 Å². The van der Waals surface area contributed by atoms with E-state index in [9.17, 15) is 0 Å². The van der Waals surface area contributed by atoms with Crippen molar-refractivity contribution in [2.45, 2.75) is 48.0 Å². The summed E-state index contributed by atoms with van der Waals surface area (Å²) >= 11 is 0. The van der Waals surface area contributed by atoms with E-state index in [4.69, 9.17) is 0 Å². The third-order valence-corrected chi connectivity index (χ3v) is 2.00. The molecule has 0 radical (unpaired) electrons. The van der Waals surface area contributed by atoms with E-state index in [1.165, 1.54) is 23.1 Å². The minimum Gasteiger partial charge on any atom is -0.0955 e. The molecule has 0 nitrogen and oxygen atoms in total. The molecule has 0 spiro atoms. The third-order valence-electron chi connectivity index (χ3n) is 2.00. The Morgan fingerprint density at radius 1 is 1.20 bits per heavy atom. The van der Waals surface area contributed by atoms with Gasteiger partial charge in [-0.2, -0.15) is 0 Å². The Bertz CT molecular complexity index is 271. The zero-order valence-electron chi connectivity index (χ0n) is 9.93. The van der Waals surface area contributed by atoms with Gasteiger partial charge in [0.05, 0.1) is 0 Å². The summed E-state index contributed by atoms with van der Waals surface area (Å²) in [6, 6.07) is 8.50. The van der Waals surface area contributed by atoms with E-state index in [2.05, 4.69) is 44.7 Å². The van der Waals surface area contributed by atoms with Crippen molar-refractivity contribution in [3.05, 3.63) is 42.0 Å². The molecule has 86 valence electrons. The number of hydrogen-bond acceptors (Lipinski definition) is 0. The van der Waals surface area contributed by atoms with Crippen molar-refractivity contribution >= 4 is 5.57 Å². The molecule has 1 aromatic rings. The van der Waals surface area contributed by atoms with Crippen molar-refractivity contribution in [3.8, 4) is 0 Å². The van der Waals surface area contributed by atoms with Crippen LogP contribution in [0.5, 0.6) is 0 Å². The van der Waals surface area contributed by atoms with Crippen LogP contribution in [-0.4, -0.2) is 0 Å². The second-order valence-corrected chi connectivity index (χ2v) is 3.19. The molecule has 0 unspecified atom stereocenters. The molecule has 0 aromatic heterocycles. The molecule has 15 heavy (non-hydrogen) atoms. The highest BCUT2D eigenvalue weighted by Crippen LogP contribution is 2.18. The molecule has 1 rings (SSSR count). The molecule has 0 N–H and O–H groups in total. The molecule has 0 aliphatic rings. The fraction of sp³-hybridized carbons (Fsp3) is 0.467. The highest BCUT2D eigenvalue weighted by Gasteiger charge is 1.99. The molecular weight excluding hydrogens is 180 g/mol. The van der Waals surface area contributed by atoms with Gasteiger partial charge in [-0.25, -0.2) is 0 Å². The van der Waals surface area contributed by atoms with Crippen LogP contribution in [0, 0.1) is 0 Å². The number of hydrogen-bond donors (Lipinski definition) is 0. The Hall–Kier alpha value is -1.04. The van der Waals surface area contributed by atoms with E-state index < -0.39 is 0 Å². The van der Waals surface area contributed by atoms with Gasteiger partial charge in [0, 0.05) is 0 Å². The number of aryl methyl sites for hydroxylation is 1. The molecule has 0 amide bonds. The fourth-order valence-corrected chi connectivity index (χ4v) is 1.42. The quantitative estimate of drug-likeness (QED) is 0.626.